The van der Waals surface area contributed by atoms with Gasteiger partial charge in [-0.15, -0.1) is 9.78 Å². The van der Waals surface area contributed by atoms with Gasteiger partial charge in [0.25, 0.3) is 0 Å². The number of hydrogen-bond acceptors (Lipinski definition) is 3. The van der Waals surface area contributed by atoms with Crippen molar-refractivity contribution in [3.8, 4) is 0 Å². The third kappa shape index (κ3) is 7.55. The van der Waals surface area contributed by atoms with Crippen LogP contribution >= 0.6 is 12.2 Å². The van der Waals surface area contributed by atoms with Gasteiger partial charge in [-0.1, -0.05) is 0 Å². The van der Waals surface area contributed by atoms with E-state index < -0.39 is 7.25 Å². The number of halogens is 4. The molecule has 0 saturated carbocycles. The first-order chi connectivity index (χ1) is 10.3. The number of aromatic nitrogens is 6. The summed E-state index contributed by atoms with van der Waals surface area (Å²) in [4.78, 5) is 0. The second-order valence-corrected chi connectivity index (χ2v) is 5.34. The Labute approximate surface area is 142 Å². The summed E-state index contributed by atoms with van der Waals surface area (Å²) >= 11 is 9.84. The minimum Gasteiger partial charge on any atom is -0.703 e. The number of nitrogens with zero attached hydrogens (tertiary/aromatic N) is 5. The van der Waals surface area contributed by atoms with Crippen molar-refractivity contribution in [3.05, 3.63) is 16.4 Å². The highest BCUT2D eigenvalue weighted by atomic mass is 32.1. The van der Waals surface area contributed by atoms with Gasteiger partial charge < -0.3 is 29.9 Å². The van der Waals surface area contributed by atoms with E-state index in [9.17, 15) is 17.3 Å². The van der Waals surface area contributed by atoms with Crippen LogP contribution in [-0.2, 0) is 40.8 Å². The molecule has 23 heavy (non-hydrogen) atoms. The lowest BCUT2D eigenvalue weighted by atomic mass is 10.3. The minimum atomic E-state index is -6.00. The van der Waals surface area contributed by atoms with Crippen LogP contribution in [-0.4, -0.2) is 26.8 Å². The molecule has 0 amide bonds. The Bertz CT molecular complexity index is 677. The molecule has 132 valence electrons. The quantitative estimate of drug-likeness (QED) is 0.246. The Morgan fingerprint density at radius 1 is 1.09 bits per heavy atom. The zero-order chi connectivity index (χ0) is 18.5. The van der Waals surface area contributed by atoms with Crippen molar-refractivity contribution in [1.82, 2.24) is 19.6 Å². The number of H-pyrrole nitrogens is 1. The molecule has 6 nitrogen and oxygen atoms in total. The maximum atomic E-state index is 9.75. The maximum absolute atomic E-state index is 9.75. The first kappa shape index (κ1) is 21.5. The van der Waals surface area contributed by atoms with Crippen LogP contribution < -0.4 is 9.13 Å². The van der Waals surface area contributed by atoms with Crippen LogP contribution in [0.2, 0.25) is 0 Å². The topological polar surface area (TPSA) is 46.3 Å². The van der Waals surface area contributed by atoms with E-state index in [1.807, 2.05) is 55.9 Å². The predicted octanol–water partition coefficient (Wildman–Crippen LogP) is 0.974. The molecule has 13 heteroatoms. The van der Waals surface area contributed by atoms with Gasteiger partial charge in [0.15, 0.2) is 5.16 Å². The fraction of sp³-hybridized carbons (Fsp3) is 0.600. The van der Waals surface area contributed by atoms with Crippen LogP contribution in [0, 0.1) is 18.6 Å². The number of hydrogen-bond donors (Lipinski definition) is 1. The second kappa shape index (κ2) is 8.38. The molecular weight excluding hydrogens is 355 g/mol. The van der Waals surface area contributed by atoms with E-state index in [-0.39, 0.29) is 0 Å². The summed E-state index contributed by atoms with van der Waals surface area (Å²) in [5.41, 5.74) is 0. The van der Waals surface area contributed by atoms with Gasteiger partial charge in [-0.25, -0.2) is 4.57 Å². The fourth-order valence-corrected chi connectivity index (χ4v) is 1.82. The Kier molecular flexibility index (Phi) is 7.84. The summed E-state index contributed by atoms with van der Waals surface area (Å²) in [6.07, 6.45) is 0. The highest BCUT2D eigenvalue weighted by Crippen LogP contribution is 2.06. The molecule has 2 aromatic rings. The molecule has 0 saturated heterocycles. The first-order valence-corrected chi connectivity index (χ1v) is 7.13. The second-order valence-electron chi connectivity index (χ2n) is 4.59. The van der Waals surface area contributed by atoms with Gasteiger partial charge in [-0.3, -0.25) is 4.57 Å². The molecule has 2 heterocycles. The first-order valence-electron chi connectivity index (χ1n) is 6.31. The molecule has 0 aliphatic heterocycles. The van der Waals surface area contributed by atoms with Crippen molar-refractivity contribution in [1.29, 1.82) is 0 Å². The van der Waals surface area contributed by atoms with Crippen molar-refractivity contribution in [2.24, 2.45) is 28.2 Å². The van der Waals surface area contributed by atoms with Gasteiger partial charge in [0.2, 0.25) is 11.6 Å². The van der Waals surface area contributed by atoms with Crippen LogP contribution in [0.1, 0.15) is 11.6 Å². The largest absolute Gasteiger partial charge is 0.703 e. The highest BCUT2D eigenvalue weighted by Gasteiger charge is 2.20. The van der Waals surface area contributed by atoms with Gasteiger partial charge in [-0.05, 0) is 12.2 Å². The molecule has 2 rings (SSSR count). The predicted molar refractivity (Wildman–Crippen MR) is 81.4 cm³/mol. The molecule has 0 fully saturated rings. The van der Waals surface area contributed by atoms with Gasteiger partial charge in [0.05, 0.1) is 28.2 Å². The fourth-order valence-electron chi connectivity index (χ4n) is 1.29. The Hall–Kier alpha value is -1.50. The van der Waals surface area contributed by atoms with E-state index in [1.54, 1.807) is 4.68 Å². The summed E-state index contributed by atoms with van der Waals surface area (Å²) in [7, 11) is 1.66. The normalized spacial score (nSPS) is 10.5. The number of aryl methyl sites for hydroxylation is 2. The van der Waals surface area contributed by atoms with Gasteiger partial charge in [0, 0.05) is 18.9 Å². The van der Waals surface area contributed by atoms with E-state index >= 15 is 0 Å². The monoisotopic (exact) mass is 374 g/mol. The molecule has 1 N–H and O–H groups in total. The lowest BCUT2D eigenvalue weighted by Gasteiger charge is -1.94. The number of rotatable bonds is 0. The van der Waals surface area contributed by atoms with Gasteiger partial charge >= 0.3 is 12.0 Å². The molecule has 0 aromatic carbocycles. The summed E-state index contributed by atoms with van der Waals surface area (Å²) < 4.78 is 47.2. The Morgan fingerprint density at radius 3 is 1.61 bits per heavy atom. The molecular formula is C10H19BF4N6S2. The Morgan fingerprint density at radius 2 is 1.52 bits per heavy atom. The Balaban J connectivity index is 0.000000332. The van der Waals surface area contributed by atoms with E-state index in [4.69, 9.17) is 24.8 Å². The lowest BCUT2D eigenvalue weighted by molar-refractivity contribution is -0.715. The molecule has 0 aliphatic rings. The summed E-state index contributed by atoms with van der Waals surface area (Å²) in [5, 5.41) is 7.61. The van der Waals surface area contributed by atoms with E-state index in [0.717, 1.165) is 16.4 Å². The average molecular weight is 374 g/mol. The smallest absolute Gasteiger partial charge is 0.673 e. The van der Waals surface area contributed by atoms with Crippen LogP contribution in [0.25, 0.3) is 0 Å². The molecule has 0 spiro atoms. The van der Waals surface area contributed by atoms with Crippen molar-refractivity contribution in [2.45, 2.75) is 19.0 Å². The van der Waals surface area contributed by atoms with Crippen molar-refractivity contribution in [2.75, 3.05) is 0 Å². The zero-order valence-electron chi connectivity index (χ0n) is 13.6. The van der Waals surface area contributed by atoms with Crippen LogP contribution in [0.3, 0.4) is 0 Å². The van der Waals surface area contributed by atoms with Crippen LogP contribution in [0.15, 0.2) is 5.16 Å². The highest BCUT2D eigenvalue weighted by molar-refractivity contribution is 7.71. The van der Waals surface area contributed by atoms with E-state index in [2.05, 4.69) is 10.2 Å². The lowest BCUT2D eigenvalue weighted by Crippen LogP contribution is -2.32. The van der Waals surface area contributed by atoms with Crippen LogP contribution in [0.4, 0.5) is 17.3 Å². The SMILES string of the molecule is Cc1n(C)[nH]c(=S)[n+]1C.Cc1n(C)nc([S-])[n+]1C.F[B-](F)(F)F. The summed E-state index contributed by atoms with van der Waals surface area (Å²) in [6.45, 7) is 3.98. The third-order valence-electron chi connectivity index (χ3n) is 3.02. The molecule has 0 unspecified atom stereocenters. The molecule has 0 atom stereocenters. The van der Waals surface area contributed by atoms with Crippen LogP contribution in [0.5, 0.6) is 0 Å². The van der Waals surface area contributed by atoms with E-state index in [1.165, 1.54) is 0 Å². The summed E-state index contributed by atoms with van der Waals surface area (Å²) in [6, 6.07) is 0. The molecule has 2 aromatic heterocycles. The van der Waals surface area contributed by atoms with Crippen molar-refractivity contribution >= 4 is 32.1 Å². The van der Waals surface area contributed by atoms with Gasteiger partial charge in [0.1, 0.15) is 0 Å². The van der Waals surface area contributed by atoms with Crippen molar-refractivity contribution in [3.63, 3.8) is 0 Å². The van der Waals surface area contributed by atoms with Gasteiger partial charge in [-0.2, -0.15) is 4.68 Å². The molecule has 0 bridgehead atoms. The zero-order valence-corrected chi connectivity index (χ0v) is 15.3. The molecule has 0 aliphatic carbocycles. The summed E-state index contributed by atoms with van der Waals surface area (Å²) in [5.74, 6) is 2.19. The maximum Gasteiger partial charge on any atom is 0.673 e. The number of nitrogens with one attached hydrogen (secondary N) is 1. The molecule has 0 radical (unpaired) electrons. The minimum absolute atomic E-state index is 0.634. The third-order valence-corrected chi connectivity index (χ3v) is 3.74. The van der Waals surface area contributed by atoms with E-state index in [0.29, 0.717) is 5.16 Å². The average Bonchev–Trinajstić information content (AvgIpc) is 2.74. The number of aromatic amines is 1. The standard InChI is InChI=1S/2C5H9N3S.BF4/c2*1-4-7(2)5(9)6-8(4)3;2-1(3,4)5/h2*1-3H3;/q;;-1/p+1. The van der Waals surface area contributed by atoms with Crippen molar-refractivity contribution < 1.29 is 26.4 Å².